The predicted molar refractivity (Wildman–Crippen MR) is 61.9 cm³/mol. The summed E-state index contributed by atoms with van der Waals surface area (Å²) in [7, 11) is 0. The third-order valence-corrected chi connectivity index (χ3v) is 3.81. The van der Waals surface area contributed by atoms with Crippen LogP contribution >= 0.6 is 0 Å². The van der Waals surface area contributed by atoms with Crippen LogP contribution in [0.3, 0.4) is 0 Å². The van der Waals surface area contributed by atoms with Crippen molar-refractivity contribution in [3.63, 3.8) is 0 Å². The first-order chi connectivity index (χ1) is 7.34. The maximum absolute atomic E-state index is 9.41. The van der Waals surface area contributed by atoms with Crippen LogP contribution in [0, 0.1) is 5.92 Å². The van der Waals surface area contributed by atoms with Crippen LogP contribution in [0.5, 0.6) is 0 Å². The van der Waals surface area contributed by atoms with Gasteiger partial charge in [0.2, 0.25) is 0 Å². The van der Waals surface area contributed by atoms with Gasteiger partial charge in [-0.3, -0.25) is 0 Å². The monoisotopic (exact) mass is 212 g/mol. The molecule has 0 aromatic rings. The number of nitrogens with one attached hydrogen (secondary N) is 1. The van der Waals surface area contributed by atoms with Crippen molar-refractivity contribution in [2.75, 3.05) is 32.7 Å². The van der Waals surface area contributed by atoms with Crippen LogP contribution in [0.25, 0.3) is 0 Å². The summed E-state index contributed by atoms with van der Waals surface area (Å²) in [5, 5.41) is 12.9. The largest absolute Gasteiger partial charge is 0.393 e. The lowest BCUT2D eigenvalue weighted by molar-refractivity contribution is 0.0790. The number of hydrogen-bond donors (Lipinski definition) is 2. The van der Waals surface area contributed by atoms with Crippen LogP contribution in [0.4, 0.5) is 0 Å². The van der Waals surface area contributed by atoms with Gasteiger partial charge in [0.1, 0.15) is 0 Å². The molecule has 2 N–H and O–H groups in total. The Morgan fingerprint density at radius 2 is 2.00 bits per heavy atom. The van der Waals surface area contributed by atoms with E-state index in [9.17, 15) is 5.11 Å². The highest BCUT2D eigenvalue weighted by Gasteiger charge is 2.18. The third-order valence-electron chi connectivity index (χ3n) is 3.81. The van der Waals surface area contributed by atoms with E-state index >= 15 is 0 Å². The molecule has 0 aromatic carbocycles. The Morgan fingerprint density at radius 1 is 1.20 bits per heavy atom. The molecule has 2 aliphatic rings. The normalized spacial score (nSPS) is 30.6. The molecule has 2 aliphatic heterocycles. The minimum Gasteiger partial charge on any atom is -0.393 e. The molecule has 0 aliphatic carbocycles. The van der Waals surface area contributed by atoms with Gasteiger partial charge in [0.05, 0.1) is 6.10 Å². The van der Waals surface area contributed by atoms with Crippen molar-refractivity contribution in [1.29, 1.82) is 0 Å². The number of aliphatic hydroxyl groups excluding tert-OH is 1. The van der Waals surface area contributed by atoms with Gasteiger partial charge in [-0.25, -0.2) is 0 Å². The summed E-state index contributed by atoms with van der Waals surface area (Å²) < 4.78 is 0. The molecule has 2 fully saturated rings. The Balaban J connectivity index is 1.60. The van der Waals surface area contributed by atoms with Crippen molar-refractivity contribution in [2.45, 2.75) is 38.2 Å². The van der Waals surface area contributed by atoms with Gasteiger partial charge in [-0.2, -0.15) is 0 Å². The summed E-state index contributed by atoms with van der Waals surface area (Å²) in [6.07, 6.45) is 6.01. The molecule has 3 nitrogen and oxygen atoms in total. The fourth-order valence-corrected chi connectivity index (χ4v) is 2.68. The second-order valence-corrected chi connectivity index (χ2v) is 5.07. The standard InChI is InChI=1S/C12H24N2O/c15-12-4-8-14(9-5-12)7-3-11-2-1-6-13-10-11/h11-13,15H,1-10H2/t11-/m0/s1. The van der Waals surface area contributed by atoms with Gasteiger partial charge in [-0.1, -0.05) is 0 Å². The second kappa shape index (κ2) is 5.83. The molecule has 0 saturated carbocycles. The quantitative estimate of drug-likeness (QED) is 0.727. The van der Waals surface area contributed by atoms with Crippen LogP contribution in [-0.2, 0) is 0 Å². The van der Waals surface area contributed by atoms with E-state index in [-0.39, 0.29) is 6.10 Å². The Bertz CT molecular complexity index is 172. The summed E-state index contributed by atoms with van der Waals surface area (Å²) >= 11 is 0. The van der Waals surface area contributed by atoms with Gasteiger partial charge < -0.3 is 15.3 Å². The average molecular weight is 212 g/mol. The van der Waals surface area contributed by atoms with E-state index in [0.717, 1.165) is 31.8 Å². The van der Waals surface area contributed by atoms with Crippen LogP contribution in [0.2, 0.25) is 0 Å². The van der Waals surface area contributed by atoms with Crippen LogP contribution in [0.1, 0.15) is 32.1 Å². The zero-order valence-corrected chi connectivity index (χ0v) is 9.62. The first-order valence-electron chi connectivity index (χ1n) is 6.46. The maximum atomic E-state index is 9.41. The number of likely N-dealkylation sites (tertiary alicyclic amines) is 1. The number of aliphatic hydroxyl groups is 1. The molecular weight excluding hydrogens is 188 g/mol. The summed E-state index contributed by atoms with van der Waals surface area (Å²) in [4.78, 5) is 2.52. The minimum absolute atomic E-state index is 0.0300. The van der Waals surface area contributed by atoms with Crippen LogP contribution < -0.4 is 5.32 Å². The fourth-order valence-electron chi connectivity index (χ4n) is 2.68. The molecular formula is C12H24N2O. The Hall–Kier alpha value is -0.120. The fraction of sp³-hybridized carbons (Fsp3) is 1.00. The van der Waals surface area contributed by atoms with Gasteiger partial charge in [-0.15, -0.1) is 0 Å². The highest BCUT2D eigenvalue weighted by atomic mass is 16.3. The van der Waals surface area contributed by atoms with Crippen LogP contribution in [0.15, 0.2) is 0 Å². The smallest absolute Gasteiger partial charge is 0.0564 e. The average Bonchev–Trinajstić information content (AvgIpc) is 2.30. The minimum atomic E-state index is -0.0300. The molecule has 0 radical (unpaired) electrons. The van der Waals surface area contributed by atoms with E-state index in [2.05, 4.69) is 10.2 Å². The Kier molecular flexibility index (Phi) is 4.42. The molecule has 0 amide bonds. The van der Waals surface area contributed by atoms with Gasteiger partial charge in [0.15, 0.2) is 0 Å². The molecule has 2 saturated heterocycles. The topological polar surface area (TPSA) is 35.5 Å². The highest BCUT2D eigenvalue weighted by Crippen LogP contribution is 2.16. The number of rotatable bonds is 3. The predicted octanol–water partition coefficient (Wildman–Crippen LogP) is 0.833. The van der Waals surface area contributed by atoms with Gasteiger partial charge in [0, 0.05) is 13.1 Å². The molecule has 15 heavy (non-hydrogen) atoms. The summed E-state index contributed by atoms with van der Waals surface area (Å²) in [5.74, 6) is 0.894. The van der Waals surface area contributed by atoms with Crippen molar-refractivity contribution in [1.82, 2.24) is 10.2 Å². The van der Waals surface area contributed by atoms with Crippen molar-refractivity contribution in [3.05, 3.63) is 0 Å². The molecule has 0 spiro atoms. The van der Waals surface area contributed by atoms with E-state index < -0.39 is 0 Å². The van der Waals surface area contributed by atoms with Crippen molar-refractivity contribution in [3.8, 4) is 0 Å². The van der Waals surface area contributed by atoms with E-state index in [1.54, 1.807) is 0 Å². The second-order valence-electron chi connectivity index (χ2n) is 5.07. The van der Waals surface area contributed by atoms with Gasteiger partial charge >= 0.3 is 0 Å². The lowest BCUT2D eigenvalue weighted by Crippen LogP contribution is -2.38. The van der Waals surface area contributed by atoms with Crippen molar-refractivity contribution >= 4 is 0 Å². The van der Waals surface area contributed by atoms with Crippen molar-refractivity contribution < 1.29 is 5.11 Å². The highest BCUT2D eigenvalue weighted by molar-refractivity contribution is 4.74. The van der Waals surface area contributed by atoms with E-state index in [1.165, 1.54) is 38.9 Å². The van der Waals surface area contributed by atoms with E-state index in [4.69, 9.17) is 0 Å². The molecule has 2 heterocycles. The molecule has 0 bridgehead atoms. The number of nitrogens with zero attached hydrogens (tertiary/aromatic N) is 1. The first kappa shape index (κ1) is 11.4. The van der Waals surface area contributed by atoms with E-state index in [1.807, 2.05) is 0 Å². The summed E-state index contributed by atoms with van der Waals surface area (Å²) in [5.41, 5.74) is 0. The third kappa shape index (κ3) is 3.74. The molecule has 0 unspecified atom stereocenters. The Morgan fingerprint density at radius 3 is 2.67 bits per heavy atom. The first-order valence-corrected chi connectivity index (χ1v) is 6.46. The van der Waals surface area contributed by atoms with Crippen LogP contribution in [-0.4, -0.2) is 48.8 Å². The lowest BCUT2D eigenvalue weighted by atomic mass is 9.95. The molecule has 3 heteroatoms. The summed E-state index contributed by atoms with van der Waals surface area (Å²) in [6.45, 7) is 5.87. The zero-order valence-electron chi connectivity index (χ0n) is 9.62. The number of hydrogen-bond acceptors (Lipinski definition) is 3. The number of piperidine rings is 2. The summed E-state index contributed by atoms with van der Waals surface area (Å²) in [6, 6.07) is 0. The molecule has 88 valence electrons. The van der Waals surface area contributed by atoms with Gasteiger partial charge in [-0.05, 0) is 57.7 Å². The maximum Gasteiger partial charge on any atom is 0.0564 e. The van der Waals surface area contributed by atoms with Crippen molar-refractivity contribution in [2.24, 2.45) is 5.92 Å². The molecule has 2 rings (SSSR count). The van der Waals surface area contributed by atoms with Gasteiger partial charge in [0.25, 0.3) is 0 Å². The SMILES string of the molecule is OC1CCN(CC[C@@H]2CCCNC2)CC1. The molecule has 1 atom stereocenters. The zero-order chi connectivity index (χ0) is 10.5. The molecule has 0 aromatic heterocycles. The van der Waals surface area contributed by atoms with E-state index in [0.29, 0.717) is 0 Å². The lowest BCUT2D eigenvalue weighted by Gasteiger charge is -2.31. The Labute approximate surface area is 92.8 Å².